The van der Waals surface area contributed by atoms with E-state index >= 15 is 0 Å². The smallest absolute Gasteiger partial charge is 0.249 e. The van der Waals surface area contributed by atoms with E-state index in [1.54, 1.807) is 6.92 Å². The highest BCUT2D eigenvalue weighted by atomic mass is 16.5. The van der Waals surface area contributed by atoms with Gasteiger partial charge in [-0.3, -0.25) is 4.79 Å². The van der Waals surface area contributed by atoms with Crippen LogP contribution < -0.4 is 11.1 Å². The van der Waals surface area contributed by atoms with E-state index in [9.17, 15) is 4.79 Å². The summed E-state index contributed by atoms with van der Waals surface area (Å²) < 4.78 is 5.60. The molecule has 0 aromatic rings. The van der Waals surface area contributed by atoms with Crippen molar-refractivity contribution < 1.29 is 9.53 Å². The van der Waals surface area contributed by atoms with Crippen LogP contribution in [0.15, 0.2) is 0 Å². The highest BCUT2D eigenvalue weighted by molar-refractivity contribution is 5.80. The molecule has 3 N–H and O–H groups in total. The molecule has 2 atom stereocenters. The maximum atomic E-state index is 11.7. The van der Waals surface area contributed by atoms with E-state index in [0.29, 0.717) is 6.61 Å². The molecule has 1 saturated carbocycles. The Morgan fingerprint density at radius 2 is 2.00 bits per heavy atom. The Bertz CT molecular complexity index is 250. The number of nitrogens with one attached hydrogen (secondary N) is 1. The first-order valence-electron chi connectivity index (χ1n) is 6.68. The van der Waals surface area contributed by atoms with Gasteiger partial charge in [0.25, 0.3) is 0 Å². The van der Waals surface area contributed by atoms with Gasteiger partial charge in [0, 0.05) is 11.6 Å². The molecule has 0 aromatic carbocycles. The minimum atomic E-state index is -0.412. The summed E-state index contributed by atoms with van der Waals surface area (Å²) >= 11 is 0. The van der Waals surface area contributed by atoms with Crippen molar-refractivity contribution in [2.45, 2.75) is 70.6 Å². The molecule has 0 saturated heterocycles. The maximum Gasteiger partial charge on any atom is 0.249 e. The third-order valence-corrected chi connectivity index (χ3v) is 3.59. The zero-order chi connectivity index (χ0) is 12.9. The fraction of sp³-hybridized carbons (Fsp3) is 0.923. The second-order valence-corrected chi connectivity index (χ2v) is 5.34. The van der Waals surface area contributed by atoms with E-state index in [2.05, 4.69) is 5.32 Å². The van der Waals surface area contributed by atoms with Crippen molar-refractivity contribution in [1.82, 2.24) is 5.32 Å². The molecule has 1 fully saturated rings. The fourth-order valence-electron chi connectivity index (χ4n) is 2.05. The number of nitrogens with two attached hydrogens (primary N) is 1. The summed E-state index contributed by atoms with van der Waals surface area (Å²) in [7, 11) is 0. The van der Waals surface area contributed by atoms with Crippen LogP contribution in [0.25, 0.3) is 0 Å². The first-order valence-corrected chi connectivity index (χ1v) is 6.68. The minimum Gasteiger partial charge on any atom is -0.367 e. The molecule has 2 unspecified atom stereocenters. The van der Waals surface area contributed by atoms with Gasteiger partial charge in [0.1, 0.15) is 6.10 Å². The van der Waals surface area contributed by atoms with E-state index in [4.69, 9.17) is 10.5 Å². The fourth-order valence-corrected chi connectivity index (χ4v) is 2.05. The van der Waals surface area contributed by atoms with Gasteiger partial charge >= 0.3 is 0 Å². The van der Waals surface area contributed by atoms with Crippen molar-refractivity contribution in [1.29, 1.82) is 0 Å². The molecule has 1 amide bonds. The molecule has 4 nitrogen and oxygen atoms in total. The number of rotatable bonds is 6. The van der Waals surface area contributed by atoms with E-state index in [1.807, 2.05) is 13.8 Å². The lowest BCUT2D eigenvalue weighted by Gasteiger charge is -2.25. The van der Waals surface area contributed by atoms with Gasteiger partial charge in [-0.25, -0.2) is 0 Å². The third-order valence-electron chi connectivity index (χ3n) is 3.59. The van der Waals surface area contributed by atoms with Crippen molar-refractivity contribution in [3.63, 3.8) is 0 Å². The van der Waals surface area contributed by atoms with Crippen LogP contribution in [-0.2, 0) is 9.53 Å². The molecule has 17 heavy (non-hydrogen) atoms. The zero-order valence-electron chi connectivity index (χ0n) is 11.3. The van der Waals surface area contributed by atoms with Crippen LogP contribution in [-0.4, -0.2) is 30.2 Å². The normalized spacial score (nSPS) is 22.1. The van der Waals surface area contributed by atoms with Crippen molar-refractivity contribution in [3.8, 4) is 0 Å². The van der Waals surface area contributed by atoms with Crippen LogP contribution in [0.3, 0.4) is 0 Å². The van der Waals surface area contributed by atoms with Gasteiger partial charge in [0.05, 0.1) is 6.61 Å². The standard InChI is InChI=1S/C13H26N2O2/c1-4-10(2)15-12(16)11(3)17-9-13(14)7-5-6-8-13/h10-11H,4-9,14H2,1-3H3,(H,15,16). The van der Waals surface area contributed by atoms with E-state index in [1.165, 1.54) is 12.8 Å². The third kappa shape index (κ3) is 4.64. The summed E-state index contributed by atoms with van der Waals surface area (Å²) in [5.41, 5.74) is 5.97. The summed E-state index contributed by atoms with van der Waals surface area (Å²) in [5, 5.41) is 2.91. The average Bonchev–Trinajstić information content (AvgIpc) is 2.73. The Morgan fingerprint density at radius 3 is 2.53 bits per heavy atom. The van der Waals surface area contributed by atoms with Gasteiger partial charge in [-0.05, 0) is 33.1 Å². The molecule has 1 aliphatic carbocycles. The molecule has 0 aliphatic heterocycles. The van der Waals surface area contributed by atoms with Crippen LogP contribution >= 0.6 is 0 Å². The molecule has 0 spiro atoms. The number of hydrogen-bond donors (Lipinski definition) is 2. The Labute approximate surface area is 104 Å². The second kappa shape index (κ2) is 6.36. The van der Waals surface area contributed by atoms with Gasteiger partial charge in [0.15, 0.2) is 0 Å². The van der Waals surface area contributed by atoms with E-state index in [-0.39, 0.29) is 17.5 Å². The first-order chi connectivity index (χ1) is 7.97. The van der Waals surface area contributed by atoms with E-state index in [0.717, 1.165) is 19.3 Å². The predicted octanol–water partition coefficient (Wildman–Crippen LogP) is 1.58. The van der Waals surface area contributed by atoms with Gasteiger partial charge in [0.2, 0.25) is 5.91 Å². The van der Waals surface area contributed by atoms with Gasteiger partial charge in [-0.15, -0.1) is 0 Å². The summed E-state index contributed by atoms with van der Waals surface area (Å²) in [6.07, 6.45) is 4.88. The van der Waals surface area contributed by atoms with Gasteiger partial charge in [-0.2, -0.15) is 0 Å². The minimum absolute atomic E-state index is 0.0408. The first kappa shape index (κ1) is 14.5. The highest BCUT2D eigenvalue weighted by Gasteiger charge is 2.30. The summed E-state index contributed by atoms with van der Waals surface area (Å²) in [6.45, 7) is 6.31. The molecule has 0 aromatic heterocycles. The molecular weight excluding hydrogens is 216 g/mol. The maximum absolute atomic E-state index is 11.7. The quantitative estimate of drug-likeness (QED) is 0.743. The Balaban J connectivity index is 2.28. The largest absolute Gasteiger partial charge is 0.367 e. The van der Waals surface area contributed by atoms with Crippen LogP contribution in [0.5, 0.6) is 0 Å². The number of carbonyl (C=O) groups is 1. The Morgan fingerprint density at radius 1 is 1.41 bits per heavy atom. The van der Waals surface area contributed by atoms with Crippen molar-refractivity contribution >= 4 is 5.91 Å². The van der Waals surface area contributed by atoms with Crippen LogP contribution in [0.4, 0.5) is 0 Å². The highest BCUT2D eigenvalue weighted by Crippen LogP contribution is 2.27. The molecule has 1 aliphatic rings. The number of ether oxygens (including phenoxy) is 1. The summed E-state index contributed by atoms with van der Waals surface area (Å²) in [4.78, 5) is 11.7. The number of carbonyl (C=O) groups excluding carboxylic acids is 1. The van der Waals surface area contributed by atoms with Crippen molar-refractivity contribution in [2.75, 3.05) is 6.61 Å². The monoisotopic (exact) mass is 242 g/mol. The molecule has 100 valence electrons. The van der Waals surface area contributed by atoms with Gasteiger partial charge < -0.3 is 15.8 Å². The van der Waals surface area contributed by atoms with Gasteiger partial charge in [-0.1, -0.05) is 19.8 Å². The van der Waals surface area contributed by atoms with Crippen molar-refractivity contribution in [2.24, 2.45) is 5.73 Å². The van der Waals surface area contributed by atoms with Crippen LogP contribution in [0.1, 0.15) is 52.9 Å². The lowest BCUT2D eigenvalue weighted by Crippen LogP contribution is -2.45. The average molecular weight is 242 g/mol. The zero-order valence-corrected chi connectivity index (χ0v) is 11.3. The lowest BCUT2D eigenvalue weighted by atomic mass is 10.0. The molecule has 0 bridgehead atoms. The molecule has 1 rings (SSSR count). The van der Waals surface area contributed by atoms with Crippen LogP contribution in [0, 0.1) is 0 Å². The molecule has 0 radical (unpaired) electrons. The second-order valence-electron chi connectivity index (χ2n) is 5.34. The Kier molecular flexibility index (Phi) is 5.40. The summed E-state index contributed by atoms with van der Waals surface area (Å²) in [5.74, 6) is -0.0408. The Hall–Kier alpha value is -0.610. The molecular formula is C13H26N2O2. The number of hydrogen-bond acceptors (Lipinski definition) is 3. The lowest BCUT2D eigenvalue weighted by molar-refractivity contribution is -0.133. The van der Waals surface area contributed by atoms with E-state index < -0.39 is 6.10 Å². The number of amides is 1. The predicted molar refractivity (Wildman–Crippen MR) is 68.7 cm³/mol. The SMILES string of the molecule is CCC(C)NC(=O)C(C)OCC1(N)CCCC1. The topological polar surface area (TPSA) is 64.3 Å². The summed E-state index contributed by atoms with van der Waals surface area (Å²) in [6, 6.07) is 0.201. The molecule has 0 heterocycles. The molecule has 4 heteroatoms. The van der Waals surface area contributed by atoms with Crippen LogP contribution in [0.2, 0.25) is 0 Å². The van der Waals surface area contributed by atoms with Crippen molar-refractivity contribution in [3.05, 3.63) is 0 Å².